The second kappa shape index (κ2) is 4.55. The predicted molar refractivity (Wildman–Crippen MR) is 82.1 cm³/mol. The Morgan fingerprint density at radius 2 is 2.18 bits per heavy atom. The maximum Gasteiger partial charge on any atom is 0.269 e. The van der Waals surface area contributed by atoms with Crippen LogP contribution in [0.2, 0.25) is 0 Å². The number of amides is 1. The Hall–Kier alpha value is -1.89. The molecule has 7 heteroatoms. The van der Waals surface area contributed by atoms with Crippen LogP contribution < -0.4 is 20.3 Å². The average molecular weight is 303 g/mol. The van der Waals surface area contributed by atoms with E-state index in [9.17, 15) is 4.79 Å². The van der Waals surface area contributed by atoms with Gasteiger partial charge in [-0.1, -0.05) is 0 Å². The van der Waals surface area contributed by atoms with E-state index < -0.39 is 5.60 Å². The molecule has 1 atom stereocenters. The van der Waals surface area contributed by atoms with E-state index in [1.165, 1.54) is 12.7 Å². The van der Waals surface area contributed by atoms with Gasteiger partial charge < -0.3 is 20.3 Å². The van der Waals surface area contributed by atoms with Gasteiger partial charge in [0.05, 0.1) is 0 Å². The maximum absolute atomic E-state index is 12.0. The molecular weight excluding hydrogens is 282 g/mol. The molecule has 1 aromatic heterocycles. The number of rotatable bonds is 1. The molecule has 7 nitrogen and oxygen atoms in total. The summed E-state index contributed by atoms with van der Waals surface area (Å²) in [6.07, 6.45) is 3.86. The van der Waals surface area contributed by atoms with Crippen LogP contribution in [0, 0.1) is 5.41 Å². The third-order valence-electron chi connectivity index (χ3n) is 4.99. The van der Waals surface area contributed by atoms with Crippen molar-refractivity contribution < 1.29 is 9.53 Å². The molecule has 2 saturated heterocycles. The number of carbonyl (C=O) groups is 1. The van der Waals surface area contributed by atoms with Crippen molar-refractivity contribution in [1.29, 1.82) is 0 Å². The molecule has 1 unspecified atom stereocenters. The SMILES string of the molecule is CC1(C)Oc2c(ncnc2N2CCC3(CCNC3)C2)NC1=O. The molecule has 4 rings (SSSR count). The monoisotopic (exact) mass is 303 g/mol. The molecule has 2 fully saturated rings. The minimum absolute atomic E-state index is 0.178. The Bertz CT molecular complexity index is 624. The minimum atomic E-state index is -0.904. The molecule has 0 saturated carbocycles. The highest BCUT2D eigenvalue weighted by Crippen LogP contribution is 2.43. The Balaban J connectivity index is 1.67. The van der Waals surface area contributed by atoms with Crippen LogP contribution in [0.25, 0.3) is 0 Å². The lowest BCUT2D eigenvalue weighted by Gasteiger charge is -2.33. The molecule has 1 aromatic rings. The maximum atomic E-state index is 12.0. The molecule has 1 amide bonds. The van der Waals surface area contributed by atoms with Crippen LogP contribution in [0.1, 0.15) is 26.7 Å². The van der Waals surface area contributed by atoms with E-state index in [0.717, 1.165) is 38.4 Å². The van der Waals surface area contributed by atoms with Crippen LogP contribution in [0.4, 0.5) is 11.6 Å². The highest BCUT2D eigenvalue weighted by Gasteiger charge is 2.43. The van der Waals surface area contributed by atoms with Gasteiger partial charge in [-0.25, -0.2) is 9.97 Å². The molecule has 22 heavy (non-hydrogen) atoms. The van der Waals surface area contributed by atoms with Crippen molar-refractivity contribution in [1.82, 2.24) is 15.3 Å². The first kappa shape index (κ1) is 13.8. The number of ether oxygens (including phenoxy) is 1. The number of anilines is 2. The topological polar surface area (TPSA) is 79.4 Å². The van der Waals surface area contributed by atoms with Crippen molar-refractivity contribution in [2.45, 2.75) is 32.3 Å². The largest absolute Gasteiger partial charge is 0.470 e. The number of nitrogens with zero attached hydrogens (tertiary/aromatic N) is 3. The van der Waals surface area contributed by atoms with E-state index >= 15 is 0 Å². The Morgan fingerprint density at radius 1 is 1.32 bits per heavy atom. The fourth-order valence-electron chi connectivity index (χ4n) is 3.59. The number of aromatic nitrogens is 2. The summed E-state index contributed by atoms with van der Waals surface area (Å²) >= 11 is 0. The lowest BCUT2D eigenvalue weighted by atomic mass is 9.87. The van der Waals surface area contributed by atoms with Crippen molar-refractivity contribution in [2.24, 2.45) is 5.41 Å². The molecule has 0 aliphatic carbocycles. The average Bonchev–Trinajstić information content (AvgIpc) is 3.10. The van der Waals surface area contributed by atoms with Crippen molar-refractivity contribution in [3.8, 4) is 5.75 Å². The molecule has 0 radical (unpaired) electrons. The number of fused-ring (bicyclic) bond motifs is 1. The molecule has 2 N–H and O–H groups in total. The minimum Gasteiger partial charge on any atom is -0.470 e. The van der Waals surface area contributed by atoms with Crippen molar-refractivity contribution in [2.75, 3.05) is 36.4 Å². The standard InChI is InChI=1S/C15H21N5O2/c1-14(2)13(21)19-11-10(22-14)12(18-9-17-11)20-6-4-15(8-20)3-5-16-7-15/h9,16H,3-8H2,1-2H3,(H,17,18,19,21). The molecule has 0 bridgehead atoms. The van der Waals surface area contributed by atoms with Gasteiger partial charge in [-0.2, -0.15) is 0 Å². The van der Waals surface area contributed by atoms with Gasteiger partial charge in [0.1, 0.15) is 6.33 Å². The number of nitrogens with one attached hydrogen (secondary N) is 2. The second-order valence-electron chi connectivity index (χ2n) is 7.04. The van der Waals surface area contributed by atoms with Crippen LogP contribution >= 0.6 is 0 Å². The van der Waals surface area contributed by atoms with Gasteiger partial charge in [-0.3, -0.25) is 4.79 Å². The number of carbonyl (C=O) groups excluding carboxylic acids is 1. The first-order valence-electron chi connectivity index (χ1n) is 7.80. The molecule has 3 aliphatic heterocycles. The summed E-state index contributed by atoms with van der Waals surface area (Å²) in [5.41, 5.74) is -0.552. The van der Waals surface area contributed by atoms with E-state index in [0.29, 0.717) is 17.0 Å². The highest BCUT2D eigenvalue weighted by atomic mass is 16.5. The predicted octanol–water partition coefficient (Wildman–Crippen LogP) is 0.776. The van der Waals surface area contributed by atoms with Crippen molar-refractivity contribution >= 4 is 17.5 Å². The summed E-state index contributed by atoms with van der Waals surface area (Å²) in [5.74, 6) is 1.68. The van der Waals surface area contributed by atoms with Crippen molar-refractivity contribution in [3.63, 3.8) is 0 Å². The molecule has 118 valence electrons. The molecule has 3 aliphatic rings. The Labute approximate surface area is 129 Å². The van der Waals surface area contributed by atoms with Crippen LogP contribution in [0.3, 0.4) is 0 Å². The van der Waals surface area contributed by atoms with Gasteiger partial charge in [-0.15, -0.1) is 0 Å². The number of hydrogen-bond donors (Lipinski definition) is 2. The summed E-state index contributed by atoms with van der Waals surface area (Å²) in [7, 11) is 0. The van der Waals surface area contributed by atoms with Gasteiger partial charge >= 0.3 is 0 Å². The fourth-order valence-corrected chi connectivity index (χ4v) is 3.59. The highest BCUT2D eigenvalue weighted by molar-refractivity contribution is 6.00. The zero-order valence-corrected chi connectivity index (χ0v) is 13.0. The Morgan fingerprint density at radius 3 is 2.95 bits per heavy atom. The molecular formula is C15H21N5O2. The normalized spacial score (nSPS) is 29.4. The van der Waals surface area contributed by atoms with E-state index in [-0.39, 0.29) is 5.91 Å². The van der Waals surface area contributed by atoms with Gasteiger partial charge in [-0.05, 0) is 33.2 Å². The smallest absolute Gasteiger partial charge is 0.269 e. The van der Waals surface area contributed by atoms with Gasteiger partial charge in [0.2, 0.25) is 5.75 Å². The Kier molecular flexibility index (Phi) is 2.84. The lowest BCUT2D eigenvalue weighted by molar-refractivity contribution is -0.129. The zero-order valence-electron chi connectivity index (χ0n) is 13.0. The van der Waals surface area contributed by atoms with Crippen LogP contribution in [0.15, 0.2) is 6.33 Å². The molecule has 1 spiro atoms. The van der Waals surface area contributed by atoms with E-state index in [4.69, 9.17) is 4.74 Å². The summed E-state index contributed by atoms with van der Waals surface area (Å²) in [4.78, 5) is 22.8. The van der Waals surface area contributed by atoms with Crippen LogP contribution in [-0.4, -0.2) is 47.7 Å². The second-order valence-corrected chi connectivity index (χ2v) is 7.04. The molecule has 4 heterocycles. The van der Waals surface area contributed by atoms with E-state index in [2.05, 4.69) is 25.5 Å². The number of hydrogen-bond acceptors (Lipinski definition) is 6. The van der Waals surface area contributed by atoms with E-state index in [1.54, 1.807) is 13.8 Å². The first-order valence-corrected chi connectivity index (χ1v) is 7.80. The van der Waals surface area contributed by atoms with Crippen LogP contribution in [0.5, 0.6) is 5.75 Å². The van der Waals surface area contributed by atoms with Crippen molar-refractivity contribution in [3.05, 3.63) is 6.33 Å². The van der Waals surface area contributed by atoms with Gasteiger partial charge in [0.25, 0.3) is 5.91 Å². The third-order valence-corrected chi connectivity index (χ3v) is 4.99. The summed E-state index contributed by atoms with van der Waals surface area (Å²) in [5, 5.41) is 6.28. The van der Waals surface area contributed by atoms with Gasteiger partial charge in [0.15, 0.2) is 17.2 Å². The van der Waals surface area contributed by atoms with E-state index in [1.807, 2.05) is 0 Å². The third kappa shape index (κ3) is 2.03. The lowest BCUT2D eigenvalue weighted by Crippen LogP contribution is -2.46. The molecule has 0 aromatic carbocycles. The summed E-state index contributed by atoms with van der Waals surface area (Å²) in [6.45, 7) is 7.61. The summed E-state index contributed by atoms with van der Waals surface area (Å²) < 4.78 is 5.93. The van der Waals surface area contributed by atoms with Gasteiger partial charge in [0, 0.05) is 25.0 Å². The summed E-state index contributed by atoms with van der Waals surface area (Å²) in [6, 6.07) is 0. The quantitative estimate of drug-likeness (QED) is 0.798. The zero-order chi connectivity index (χ0) is 15.4. The van der Waals surface area contributed by atoms with Crippen LogP contribution in [-0.2, 0) is 4.79 Å². The first-order chi connectivity index (χ1) is 10.5. The fraction of sp³-hybridized carbons (Fsp3) is 0.667.